The van der Waals surface area contributed by atoms with Crippen LogP contribution in [0.4, 0.5) is 0 Å². The maximum absolute atomic E-state index is 10.1. The highest BCUT2D eigenvalue weighted by Crippen LogP contribution is 2.21. The molecule has 0 aliphatic carbocycles. The van der Waals surface area contributed by atoms with Gasteiger partial charge < -0.3 is 9.59 Å². The van der Waals surface area contributed by atoms with Crippen LogP contribution in [0.2, 0.25) is 0 Å². The molecule has 1 unspecified atom stereocenters. The summed E-state index contributed by atoms with van der Waals surface area (Å²) in [5, 5.41) is 10.1. The summed E-state index contributed by atoms with van der Waals surface area (Å²) in [6, 6.07) is 10.0. The third-order valence-electron chi connectivity index (χ3n) is 2.82. The minimum Gasteiger partial charge on any atom is -0.382 e. The summed E-state index contributed by atoms with van der Waals surface area (Å²) >= 11 is 0. The number of aliphatic hydroxyl groups is 1. The number of nitrogens with zero attached hydrogens (tertiary/aromatic N) is 1. The van der Waals surface area contributed by atoms with Gasteiger partial charge in [-0.05, 0) is 12.5 Å². The van der Waals surface area contributed by atoms with Crippen LogP contribution >= 0.6 is 0 Å². The molecule has 0 heterocycles. The van der Waals surface area contributed by atoms with Gasteiger partial charge in [0.1, 0.15) is 12.1 Å². The van der Waals surface area contributed by atoms with Gasteiger partial charge in [-0.3, -0.25) is 0 Å². The van der Waals surface area contributed by atoms with Gasteiger partial charge in [0, 0.05) is 0 Å². The smallest absolute Gasteiger partial charge is 0.130 e. The predicted octanol–water partition coefficient (Wildman–Crippen LogP) is 1.81. The summed E-state index contributed by atoms with van der Waals surface area (Å²) in [6.07, 6.45) is -0.392. The van der Waals surface area contributed by atoms with Crippen LogP contribution in [0.15, 0.2) is 30.3 Å². The number of rotatable bonds is 3. The first-order valence-corrected chi connectivity index (χ1v) is 4.97. The van der Waals surface area contributed by atoms with Gasteiger partial charge >= 0.3 is 0 Å². The van der Waals surface area contributed by atoms with E-state index in [2.05, 4.69) is 28.1 Å². The second-order valence-electron chi connectivity index (χ2n) is 4.71. The van der Waals surface area contributed by atoms with E-state index in [9.17, 15) is 5.11 Å². The molecular weight excluding hydrogens is 174 g/mol. The summed E-state index contributed by atoms with van der Waals surface area (Å²) in [5.74, 6) is 0. The zero-order chi connectivity index (χ0) is 10.8. The van der Waals surface area contributed by atoms with Crippen LogP contribution < -0.4 is 0 Å². The summed E-state index contributed by atoms with van der Waals surface area (Å²) in [5.41, 5.74) is 0.994. The predicted molar refractivity (Wildman–Crippen MR) is 58.9 cm³/mol. The summed E-state index contributed by atoms with van der Waals surface area (Å²) in [4.78, 5) is 0. The first-order valence-electron chi connectivity index (χ1n) is 4.97. The van der Waals surface area contributed by atoms with Crippen LogP contribution in [0, 0.1) is 0 Å². The van der Waals surface area contributed by atoms with E-state index in [0.29, 0.717) is 0 Å². The van der Waals surface area contributed by atoms with E-state index in [0.717, 1.165) is 10.0 Å². The Labute approximate surface area is 86.4 Å². The number of aliphatic hydroxyl groups excluding tert-OH is 1. The Morgan fingerprint density at radius 3 is 2.00 bits per heavy atom. The number of hydrogen-bond acceptors (Lipinski definition) is 1. The summed E-state index contributed by atoms with van der Waals surface area (Å²) in [6.45, 7) is 2.07. The minimum absolute atomic E-state index is 0.192. The second kappa shape index (κ2) is 4.11. The molecule has 0 radical (unpaired) electrons. The van der Waals surface area contributed by atoms with Crippen molar-refractivity contribution >= 4 is 0 Å². The lowest BCUT2D eigenvalue weighted by Gasteiger charge is -2.34. The molecule has 1 aromatic rings. The summed E-state index contributed by atoms with van der Waals surface area (Å²) < 4.78 is 0.760. The number of benzene rings is 1. The molecule has 0 bridgehead atoms. The van der Waals surface area contributed by atoms with Crippen molar-refractivity contribution in [3.8, 4) is 0 Å². The monoisotopic (exact) mass is 194 g/mol. The first-order chi connectivity index (χ1) is 6.43. The van der Waals surface area contributed by atoms with Crippen LogP contribution in [0.5, 0.6) is 0 Å². The maximum Gasteiger partial charge on any atom is 0.130 e. The second-order valence-corrected chi connectivity index (χ2v) is 4.71. The molecule has 0 amide bonds. The Kier molecular flexibility index (Phi) is 3.29. The van der Waals surface area contributed by atoms with Gasteiger partial charge in [-0.2, -0.15) is 0 Å². The van der Waals surface area contributed by atoms with Gasteiger partial charge in [0.2, 0.25) is 0 Å². The quantitative estimate of drug-likeness (QED) is 0.728. The van der Waals surface area contributed by atoms with Gasteiger partial charge in [0.25, 0.3) is 0 Å². The maximum atomic E-state index is 10.1. The number of quaternary nitrogens is 1. The zero-order valence-electron chi connectivity index (χ0n) is 9.44. The average molecular weight is 194 g/mol. The van der Waals surface area contributed by atoms with Crippen LogP contribution in [0.1, 0.15) is 18.6 Å². The highest BCUT2D eigenvalue weighted by atomic mass is 16.3. The van der Waals surface area contributed by atoms with Crippen LogP contribution in [0.3, 0.4) is 0 Å². The third-order valence-corrected chi connectivity index (χ3v) is 2.82. The van der Waals surface area contributed by atoms with Gasteiger partial charge in [-0.25, -0.2) is 0 Å². The average Bonchev–Trinajstić information content (AvgIpc) is 2.15. The van der Waals surface area contributed by atoms with Crippen molar-refractivity contribution in [3.63, 3.8) is 0 Å². The Balaban J connectivity index is 2.81. The first kappa shape index (κ1) is 11.2. The van der Waals surface area contributed by atoms with Gasteiger partial charge in [-0.1, -0.05) is 30.3 Å². The normalized spacial score (nSPS) is 16.4. The van der Waals surface area contributed by atoms with Crippen molar-refractivity contribution in [2.75, 3.05) is 21.1 Å². The van der Waals surface area contributed by atoms with E-state index in [-0.39, 0.29) is 6.04 Å². The van der Waals surface area contributed by atoms with E-state index in [1.54, 1.807) is 0 Å². The van der Waals surface area contributed by atoms with Crippen LogP contribution in [-0.4, -0.2) is 36.8 Å². The third kappa shape index (κ3) is 2.56. The van der Waals surface area contributed by atoms with Crippen LogP contribution in [0.25, 0.3) is 0 Å². The largest absolute Gasteiger partial charge is 0.382 e. The molecule has 0 aromatic heterocycles. The molecule has 0 fully saturated rings. The van der Waals surface area contributed by atoms with Crippen molar-refractivity contribution in [1.29, 1.82) is 0 Å². The van der Waals surface area contributed by atoms with Gasteiger partial charge in [-0.15, -0.1) is 0 Å². The lowest BCUT2D eigenvalue weighted by atomic mass is 10.0. The van der Waals surface area contributed by atoms with Crippen molar-refractivity contribution in [2.24, 2.45) is 0 Å². The Morgan fingerprint density at radius 1 is 1.07 bits per heavy atom. The van der Waals surface area contributed by atoms with Gasteiger partial charge in [0.05, 0.1) is 21.1 Å². The molecule has 78 valence electrons. The Bertz CT molecular complexity index is 276. The van der Waals surface area contributed by atoms with Gasteiger partial charge in [0.15, 0.2) is 0 Å². The molecular formula is C12H20NO+. The fourth-order valence-electron chi connectivity index (χ4n) is 1.35. The lowest BCUT2D eigenvalue weighted by molar-refractivity contribution is -0.898. The molecule has 2 heteroatoms. The van der Waals surface area contributed by atoms with Crippen molar-refractivity contribution < 1.29 is 9.59 Å². The molecule has 14 heavy (non-hydrogen) atoms. The number of likely N-dealkylation sites (N-methyl/N-ethyl adjacent to an activating group) is 1. The molecule has 0 aliphatic heterocycles. The van der Waals surface area contributed by atoms with Crippen molar-refractivity contribution in [3.05, 3.63) is 35.9 Å². The Hall–Kier alpha value is -0.860. The standard InChI is InChI=1S/C12H20NO/c1-10(13(2,3)4)12(14)11-8-6-5-7-9-11/h5-10,12,14H,1-4H3/q+1/t10?,12-/m0/s1. The van der Waals surface area contributed by atoms with E-state index in [4.69, 9.17) is 0 Å². The molecule has 0 saturated heterocycles. The van der Waals surface area contributed by atoms with Crippen molar-refractivity contribution in [2.45, 2.75) is 19.1 Å². The molecule has 1 aromatic carbocycles. The van der Waals surface area contributed by atoms with Crippen LogP contribution in [-0.2, 0) is 0 Å². The topological polar surface area (TPSA) is 20.2 Å². The molecule has 2 atom stereocenters. The fourth-order valence-corrected chi connectivity index (χ4v) is 1.35. The van der Waals surface area contributed by atoms with E-state index in [1.807, 2.05) is 30.3 Å². The minimum atomic E-state index is -0.392. The van der Waals surface area contributed by atoms with Crippen molar-refractivity contribution in [1.82, 2.24) is 0 Å². The molecule has 0 spiro atoms. The number of hydrogen-bond donors (Lipinski definition) is 1. The zero-order valence-corrected chi connectivity index (χ0v) is 9.44. The lowest BCUT2D eigenvalue weighted by Crippen LogP contribution is -2.46. The molecule has 0 aliphatic rings. The molecule has 2 nitrogen and oxygen atoms in total. The van der Waals surface area contributed by atoms with E-state index < -0.39 is 6.10 Å². The summed E-state index contributed by atoms with van der Waals surface area (Å²) in [7, 11) is 6.28. The molecule has 1 rings (SSSR count). The highest BCUT2D eigenvalue weighted by molar-refractivity contribution is 5.18. The van der Waals surface area contributed by atoms with E-state index in [1.165, 1.54) is 0 Å². The molecule has 0 saturated carbocycles. The Morgan fingerprint density at radius 2 is 1.57 bits per heavy atom. The fraction of sp³-hybridized carbons (Fsp3) is 0.500. The molecule has 1 N–H and O–H groups in total. The van der Waals surface area contributed by atoms with E-state index >= 15 is 0 Å². The SMILES string of the molecule is CC([C@H](O)c1ccccc1)[N+](C)(C)C. The highest BCUT2D eigenvalue weighted by Gasteiger charge is 2.27.